The zero-order chi connectivity index (χ0) is 12.3. The van der Waals surface area contributed by atoms with Crippen molar-refractivity contribution in [1.29, 1.82) is 0 Å². The van der Waals surface area contributed by atoms with Gasteiger partial charge in [-0.3, -0.25) is 4.79 Å². The molecule has 5 nitrogen and oxygen atoms in total. The zero-order valence-electron chi connectivity index (χ0n) is 9.73. The molecule has 5 heteroatoms. The molecule has 1 amide bonds. The van der Waals surface area contributed by atoms with Gasteiger partial charge in [-0.05, 0) is 19.4 Å². The minimum absolute atomic E-state index is 0.237. The number of nitrogens with zero attached hydrogens (tertiary/aromatic N) is 2. The quantitative estimate of drug-likeness (QED) is 0.879. The summed E-state index contributed by atoms with van der Waals surface area (Å²) >= 11 is 0. The molecular weight excluding hydrogens is 218 g/mol. The molecule has 0 aromatic carbocycles. The topological polar surface area (TPSA) is 68.0 Å². The lowest BCUT2D eigenvalue weighted by atomic mass is 10.3. The number of amides is 1. The van der Waals surface area contributed by atoms with Crippen molar-refractivity contribution in [3.63, 3.8) is 0 Å². The SMILES string of the molecule is CCc1cc(NC(=O)c2ccoc2)nc(C)n1. The number of carbonyl (C=O) groups excluding carboxylic acids is 1. The van der Waals surface area contributed by atoms with E-state index in [-0.39, 0.29) is 5.91 Å². The Balaban J connectivity index is 2.18. The van der Waals surface area contributed by atoms with Gasteiger partial charge in [0.1, 0.15) is 17.9 Å². The second-order valence-corrected chi connectivity index (χ2v) is 3.61. The van der Waals surface area contributed by atoms with Crippen LogP contribution < -0.4 is 5.32 Å². The number of aryl methyl sites for hydroxylation is 2. The molecule has 2 aromatic rings. The molecule has 0 fully saturated rings. The summed E-state index contributed by atoms with van der Waals surface area (Å²) in [7, 11) is 0. The van der Waals surface area contributed by atoms with Crippen molar-refractivity contribution < 1.29 is 9.21 Å². The van der Waals surface area contributed by atoms with Crippen LogP contribution >= 0.6 is 0 Å². The van der Waals surface area contributed by atoms with Crippen molar-refractivity contribution in [2.75, 3.05) is 5.32 Å². The number of furan rings is 1. The van der Waals surface area contributed by atoms with Gasteiger partial charge in [-0.25, -0.2) is 9.97 Å². The zero-order valence-corrected chi connectivity index (χ0v) is 9.73. The van der Waals surface area contributed by atoms with Gasteiger partial charge in [0, 0.05) is 11.8 Å². The van der Waals surface area contributed by atoms with Crippen LogP contribution in [0.2, 0.25) is 0 Å². The largest absolute Gasteiger partial charge is 0.472 e. The molecule has 17 heavy (non-hydrogen) atoms. The summed E-state index contributed by atoms with van der Waals surface area (Å²) in [6.07, 6.45) is 3.65. The van der Waals surface area contributed by atoms with Crippen LogP contribution in [0.25, 0.3) is 0 Å². The molecule has 0 radical (unpaired) electrons. The molecule has 0 saturated heterocycles. The summed E-state index contributed by atoms with van der Waals surface area (Å²) < 4.78 is 4.85. The predicted molar refractivity (Wildman–Crippen MR) is 62.8 cm³/mol. The lowest BCUT2D eigenvalue weighted by molar-refractivity contribution is 0.102. The normalized spacial score (nSPS) is 10.2. The molecule has 0 aliphatic rings. The number of aromatic nitrogens is 2. The molecule has 88 valence electrons. The smallest absolute Gasteiger partial charge is 0.260 e. The van der Waals surface area contributed by atoms with Gasteiger partial charge in [-0.2, -0.15) is 0 Å². The lowest BCUT2D eigenvalue weighted by Crippen LogP contribution is -2.13. The summed E-state index contributed by atoms with van der Waals surface area (Å²) in [4.78, 5) is 20.2. The van der Waals surface area contributed by atoms with E-state index < -0.39 is 0 Å². The highest BCUT2D eigenvalue weighted by Crippen LogP contribution is 2.09. The molecule has 0 aliphatic heterocycles. The van der Waals surface area contributed by atoms with Crippen molar-refractivity contribution in [1.82, 2.24) is 9.97 Å². The van der Waals surface area contributed by atoms with Gasteiger partial charge < -0.3 is 9.73 Å². The molecule has 1 N–H and O–H groups in total. The minimum Gasteiger partial charge on any atom is -0.472 e. The molecule has 0 spiro atoms. The van der Waals surface area contributed by atoms with E-state index >= 15 is 0 Å². The maximum atomic E-state index is 11.8. The Morgan fingerprint density at radius 2 is 2.29 bits per heavy atom. The summed E-state index contributed by atoms with van der Waals surface area (Å²) in [5.41, 5.74) is 1.37. The van der Waals surface area contributed by atoms with E-state index in [1.54, 1.807) is 19.1 Å². The van der Waals surface area contributed by atoms with Crippen LogP contribution in [0, 0.1) is 6.92 Å². The van der Waals surface area contributed by atoms with E-state index in [4.69, 9.17) is 4.42 Å². The number of anilines is 1. The summed E-state index contributed by atoms with van der Waals surface area (Å²) in [6.45, 7) is 3.80. The molecule has 0 aliphatic carbocycles. The highest BCUT2D eigenvalue weighted by atomic mass is 16.3. The monoisotopic (exact) mass is 231 g/mol. The van der Waals surface area contributed by atoms with Gasteiger partial charge >= 0.3 is 0 Å². The number of rotatable bonds is 3. The van der Waals surface area contributed by atoms with Crippen LogP contribution in [0.4, 0.5) is 5.82 Å². The molecule has 2 aromatic heterocycles. The van der Waals surface area contributed by atoms with Crippen LogP contribution in [0.5, 0.6) is 0 Å². The Morgan fingerprint density at radius 1 is 1.47 bits per heavy atom. The third-order valence-electron chi connectivity index (χ3n) is 2.28. The van der Waals surface area contributed by atoms with E-state index in [2.05, 4.69) is 15.3 Å². The fourth-order valence-electron chi connectivity index (χ4n) is 1.46. The first-order chi connectivity index (χ1) is 8.19. The number of carbonyl (C=O) groups is 1. The molecule has 0 atom stereocenters. The van der Waals surface area contributed by atoms with Crippen LogP contribution in [-0.4, -0.2) is 15.9 Å². The number of hydrogen-bond acceptors (Lipinski definition) is 4. The highest BCUT2D eigenvalue weighted by molar-refractivity contribution is 6.03. The van der Waals surface area contributed by atoms with Crippen LogP contribution in [0.1, 0.15) is 28.8 Å². The van der Waals surface area contributed by atoms with Gasteiger partial charge in [-0.15, -0.1) is 0 Å². The van der Waals surface area contributed by atoms with Gasteiger partial charge in [0.15, 0.2) is 0 Å². The first-order valence-corrected chi connectivity index (χ1v) is 5.37. The van der Waals surface area contributed by atoms with Crippen molar-refractivity contribution in [2.45, 2.75) is 20.3 Å². The maximum absolute atomic E-state index is 11.8. The van der Waals surface area contributed by atoms with Gasteiger partial charge in [0.05, 0.1) is 11.8 Å². The van der Waals surface area contributed by atoms with Crippen molar-refractivity contribution >= 4 is 11.7 Å². The van der Waals surface area contributed by atoms with Crippen LogP contribution in [0.3, 0.4) is 0 Å². The first kappa shape index (κ1) is 11.3. The number of hydrogen-bond donors (Lipinski definition) is 1. The van der Waals surface area contributed by atoms with Crippen molar-refractivity contribution in [2.24, 2.45) is 0 Å². The molecular formula is C12H13N3O2. The summed E-state index contributed by atoms with van der Waals surface area (Å²) in [5, 5.41) is 2.71. The highest BCUT2D eigenvalue weighted by Gasteiger charge is 2.09. The maximum Gasteiger partial charge on any atom is 0.260 e. The Labute approximate surface area is 98.9 Å². The minimum atomic E-state index is -0.237. The van der Waals surface area contributed by atoms with Crippen molar-refractivity contribution in [3.05, 3.63) is 41.7 Å². The third-order valence-corrected chi connectivity index (χ3v) is 2.28. The molecule has 0 saturated carbocycles. The fourth-order valence-corrected chi connectivity index (χ4v) is 1.46. The van der Waals surface area contributed by atoms with Gasteiger partial charge in [0.25, 0.3) is 5.91 Å². The van der Waals surface area contributed by atoms with Crippen LogP contribution in [-0.2, 0) is 6.42 Å². The second kappa shape index (κ2) is 4.78. The standard InChI is InChI=1S/C12H13N3O2/c1-3-10-6-11(14-8(2)13-10)15-12(16)9-4-5-17-7-9/h4-7H,3H2,1-2H3,(H,13,14,15,16). The predicted octanol–water partition coefficient (Wildman–Crippen LogP) is 2.19. The van der Waals surface area contributed by atoms with E-state index in [1.165, 1.54) is 12.5 Å². The Bertz CT molecular complexity index is 521. The van der Waals surface area contributed by atoms with E-state index in [9.17, 15) is 4.79 Å². The Morgan fingerprint density at radius 3 is 2.94 bits per heavy atom. The summed E-state index contributed by atoms with van der Waals surface area (Å²) in [5.74, 6) is 0.922. The van der Waals surface area contributed by atoms with E-state index in [0.29, 0.717) is 17.2 Å². The van der Waals surface area contributed by atoms with Gasteiger partial charge in [0.2, 0.25) is 0 Å². The number of nitrogens with one attached hydrogen (secondary N) is 1. The average Bonchev–Trinajstić information content (AvgIpc) is 2.81. The van der Waals surface area contributed by atoms with Gasteiger partial charge in [-0.1, -0.05) is 6.92 Å². The molecule has 0 unspecified atom stereocenters. The average molecular weight is 231 g/mol. The Kier molecular flexibility index (Phi) is 3.18. The first-order valence-electron chi connectivity index (χ1n) is 5.37. The molecule has 2 rings (SSSR count). The van der Waals surface area contributed by atoms with E-state index in [0.717, 1.165) is 12.1 Å². The second-order valence-electron chi connectivity index (χ2n) is 3.61. The lowest BCUT2D eigenvalue weighted by Gasteiger charge is -2.05. The Hall–Kier alpha value is -2.17. The fraction of sp³-hybridized carbons (Fsp3) is 0.250. The molecule has 0 bridgehead atoms. The van der Waals surface area contributed by atoms with Crippen molar-refractivity contribution in [3.8, 4) is 0 Å². The van der Waals surface area contributed by atoms with Crippen LogP contribution in [0.15, 0.2) is 29.1 Å². The van der Waals surface area contributed by atoms with E-state index in [1.807, 2.05) is 6.92 Å². The third kappa shape index (κ3) is 2.69. The summed E-state index contributed by atoms with van der Waals surface area (Å²) in [6, 6.07) is 3.37. The molecule has 2 heterocycles.